The van der Waals surface area contributed by atoms with Gasteiger partial charge in [0, 0.05) is 6.92 Å². The van der Waals surface area contributed by atoms with Crippen LogP contribution >= 0.6 is 7.82 Å². The standard InChI is InChI=1S/C37H40NO9P/c1-27(39)38-34-36(42-22-29-15-7-3-8-16-29)35(47-48(40)44-24-31-19-11-12-20-32(31)25-45-48)33(26-41-21-28-13-5-2-6-14-28)46-37(34)43-23-30-17-9-4-10-18-30/h2-20,33-37H,21-26H2,1H3,(H,38,39). The van der Waals surface area contributed by atoms with Gasteiger partial charge in [-0.15, -0.1) is 0 Å². The van der Waals surface area contributed by atoms with Crippen molar-refractivity contribution >= 4 is 13.7 Å². The first kappa shape index (κ1) is 34.2. The lowest BCUT2D eigenvalue weighted by molar-refractivity contribution is -0.281. The van der Waals surface area contributed by atoms with E-state index >= 15 is 0 Å². The van der Waals surface area contributed by atoms with Gasteiger partial charge < -0.3 is 24.3 Å². The highest BCUT2D eigenvalue weighted by atomic mass is 31.2. The first-order valence-electron chi connectivity index (χ1n) is 16.0. The minimum absolute atomic E-state index is 0.0307. The molecule has 11 heteroatoms. The highest BCUT2D eigenvalue weighted by molar-refractivity contribution is 7.48. The van der Waals surface area contributed by atoms with Crippen LogP contribution in [0.3, 0.4) is 0 Å². The molecule has 0 aromatic heterocycles. The monoisotopic (exact) mass is 673 g/mol. The van der Waals surface area contributed by atoms with E-state index in [0.29, 0.717) is 6.61 Å². The molecule has 5 atom stereocenters. The van der Waals surface area contributed by atoms with Gasteiger partial charge in [-0.1, -0.05) is 115 Å². The average molecular weight is 674 g/mol. The predicted octanol–water partition coefficient (Wildman–Crippen LogP) is 6.48. The van der Waals surface area contributed by atoms with Crippen LogP contribution in [0.15, 0.2) is 115 Å². The molecular formula is C37H40NO9P. The van der Waals surface area contributed by atoms with Gasteiger partial charge >= 0.3 is 7.82 Å². The molecule has 4 aromatic carbocycles. The molecule has 252 valence electrons. The van der Waals surface area contributed by atoms with E-state index in [0.717, 1.165) is 27.8 Å². The van der Waals surface area contributed by atoms with Gasteiger partial charge in [0.1, 0.15) is 24.4 Å². The Bertz CT molecular complexity index is 1610. The van der Waals surface area contributed by atoms with E-state index < -0.39 is 38.5 Å². The van der Waals surface area contributed by atoms with Crippen molar-refractivity contribution in [3.63, 3.8) is 0 Å². The number of hydrogen-bond acceptors (Lipinski definition) is 9. The number of phosphoric ester groups is 1. The van der Waals surface area contributed by atoms with E-state index in [4.69, 9.17) is 32.5 Å². The van der Waals surface area contributed by atoms with Crippen LogP contribution in [-0.4, -0.2) is 43.2 Å². The van der Waals surface area contributed by atoms with Crippen LogP contribution in [0.25, 0.3) is 0 Å². The number of amides is 1. The molecule has 2 aliphatic heterocycles. The molecule has 48 heavy (non-hydrogen) atoms. The minimum atomic E-state index is -4.18. The van der Waals surface area contributed by atoms with Gasteiger partial charge in [-0.25, -0.2) is 4.57 Å². The molecule has 0 aliphatic carbocycles. The van der Waals surface area contributed by atoms with Crippen molar-refractivity contribution in [2.75, 3.05) is 6.61 Å². The maximum absolute atomic E-state index is 14.2. The molecular weight excluding hydrogens is 633 g/mol. The van der Waals surface area contributed by atoms with Gasteiger partial charge in [0.15, 0.2) is 6.29 Å². The molecule has 0 bridgehead atoms. The first-order valence-corrected chi connectivity index (χ1v) is 17.4. The summed E-state index contributed by atoms with van der Waals surface area (Å²) in [7, 11) is -4.18. The summed E-state index contributed by atoms with van der Waals surface area (Å²) in [6.07, 6.45) is -3.81. The van der Waals surface area contributed by atoms with Crippen molar-refractivity contribution in [3.05, 3.63) is 143 Å². The number of fused-ring (bicyclic) bond motifs is 1. The molecule has 1 amide bonds. The second kappa shape index (κ2) is 16.6. The summed E-state index contributed by atoms with van der Waals surface area (Å²) < 4.78 is 57.8. The number of benzene rings is 4. The largest absolute Gasteiger partial charge is 0.475 e. The van der Waals surface area contributed by atoms with Crippen LogP contribution in [0, 0.1) is 0 Å². The Balaban J connectivity index is 1.31. The number of phosphoric acid groups is 1. The third-order valence-corrected chi connectivity index (χ3v) is 9.47. The zero-order valence-electron chi connectivity index (χ0n) is 26.7. The SMILES string of the molecule is CC(=O)NC1C(OCc2ccccc2)OC(COCc2ccccc2)C(OP2(=O)OCc3ccccc3CO2)C1OCc1ccccc1. The van der Waals surface area contributed by atoms with Gasteiger partial charge in [-0.2, -0.15) is 0 Å². The van der Waals surface area contributed by atoms with Gasteiger partial charge in [0.05, 0.1) is 39.6 Å². The molecule has 2 aliphatic rings. The molecule has 2 heterocycles. The molecule has 10 nitrogen and oxygen atoms in total. The van der Waals surface area contributed by atoms with Gasteiger partial charge in [0.25, 0.3) is 0 Å². The highest BCUT2D eigenvalue weighted by Crippen LogP contribution is 2.55. The van der Waals surface area contributed by atoms with E-state index in [9.17, 15) is 9.36 Å². The van der Waals surface area contributed by atoms with Gasteiger partial charge in [-0.3, -0.25) is 18.4 Å². The van der Waals surface area contributed by atoms with Crippen LogP contribution in [0.2, 0.25) is 0 Å². The average Bonchev–Trinajstić information content (AvgIpc) is 3.28. The number of carbonyl (C=O) groups is 1. The fourth-order valence-corrected chi connectivity index (χ4v) is 7.01. The topological polar surface area (TPSA) is 111 Å². The summed E-state index contributed by atoms with van der Waals surface area (Å²) in [6.45, 7) is 2.18. The third kappa shape index (κ3) is 9.25. The lowest BCUT2D eigenvalue weighted by Gasteiger charge is -2.46. The Morgan fingerprint density at radius 2 is 1.21 bits per heavy atom. The summed E-state index contributed by atoms with van der Waals surface area (Å²) >= 11 is 0. The molecule has 4 aromatic rings. The zero-order chi connectivity index (χ0) is 33.2. The van der Waals surface area contributed by atoms with Crippen molar-refractivity contribution in [2.45, 2.75) is 70.6 Å². The number of rotatable bonds is 13. The van der Waals surface area contributed by atoms with Crippen molar-refractivity contribution in [1.29, 1.82) is 0 Å². The predicted molar refractivity (Wildman–Crippen MR) is 177 cm³/mol. The molecule has 5 unspecified atom stereocenters. The third-order valence-electron chi connectivity index (χ3n) is 8.08. The van der Waals surface area contributed by atoms with Crippen LogP contribution in [0.1, 0.15) is 34.7 Å². The quantitative estimate of drug-likeness (QED) is 0.160. The van der Waals surface area contributed by atoms with E-state index in [1.807, 2.05) is 115 Å². The van der Waals surface area contributed by atoms with Crippen molar-refractivity contribution in [1.82, 2.24) is 5.32 Å². The van der Waals surface area contributed by atoms with Crippen LogP contribution in [0.4, 0.5) is 0 Å². The summed E-state index contributed by atoms with van der Waals surface area (Å²) in [5.41, 5.74) is 4.49. The molecule has 0 radical (unpaired) electrons. The Hall–Kier alpha value is -3.70. The molecule has 1 N–H and O–H groups in total. The molecule has 0 spiro atoms. The zero-order valence-corrected chi connectivity index (χ0v) is 27.6. The van der Waals surface area contributed by atoms with E-state index in [2.05, 4.69) is 5.32 Å². The van der Waals surface area contributed by atoms with Crippen LogP contribution in [0.5, 0.6) is 0 Å². The normalized spacial score (nSPS) is 23.5. The minimum Gasteiger partial charge on any atom is -0.374 e. The Kier molecular flexibility index (Phi) is 11.8. The van der Waals surface area contributed by atoms with Crippen molar-refractivity contribution in [3.8, 4) is 0 Å². The first-order chi connectivity index (χ1) is 23.5. The van der Waals surface area contributed by atoms with E-state index in [1.165, 1.54) is 6.92 Å². The number of carbonyl (C=O) groups excluding carboxylic acids is 1. The molecule has 1 fully saturated rings. The van der Waals surface area contributed by atoms with Crippen LogP contribution in [-0.2, 0) is 74.9 Å². The number of hydrogen-bond donors (Lipinski definition) is 1. The smallest absolute Gasteiger partial charge is 0.374 e. The number of nitrogens with one attached hydrogen (secondary N) is 1. The van der Waals surface area contributed by atoms with Crippen molar-refractivity contribution in [2.24, 2.45) is 0 Å². The number of ether oxygens (including phenoxy) is 4. The second-order valence-electron chi connectivity index (χ2n) is 11.7. The highest BCUT2D eigenvalue weighted by Gasteiger charge is 2.52. The Labute approximate surface area is 280 Å². The Morgan fingerprint density at radius 3 is 1.75 bits per heavy atom. The fraction of sp³-hybridized carbons (Fsp3) is 0.324. The second-order valence-corrected chi connectivity index (χ2v) is 13.3. The Morgan fingerprint density at radius 1 is 0.708 bits per heavy atom. The maximum Gasteiger partial charge on any atom is 0.475 e. The summed E-state index contributed by atoms with van der Waals surface area (Å²) in [5.74, 6) is -0.327. The van der Waals surface area contributed by atoms with Gasteiger partial charge in [0.2, 0.25) is 5.91 Å². The lowest BCUT2D eigenvalue weighted by atomic mass is 9.96. The molecule has 6 rings (SSSR count). The summed E-state index contributed by atoms with van der Waals surface area (Å²) in [5, 5.41) is 2.96. The summed E-state index contributed by atoms with van der Waals surface area (Å²) in [4.78, 5) is 12.6. The molecule has 1 saturated heterocycles. The van der Waals surface area contributed by atoms with Crippen molar-refractivity contribution < 1.29 is 41.9 Å². The molecule has 0 saturated carbocycles. The fourth-order valence-electron chi connectivity index (χ4n) is 5.66. The van der Waals surface area contributed by atoms with Crippen LogP contribution < -0.4 is 5.32 Å². The lowest BCUT2D eigenvalue weighted by Crippen LogP contribution is -2.65. The van der Waals surface area contributed by atoms with Gasteiger partial charge in [-0.05, 0) is 27.8 Å². The summed E-state index contributed by atoms with van der Waals surface area (Å²) in [6, 6.07) is 35.7. The van der Waals surface area contributed by atoms with E-state index in [-0.39, 0.29) is 38.9 Å². The van der Waals surface area contributed by atoms with E-state index in [1.54, 1.807) is 0 Å². The maximum atomic E-state index is 14.2.